The summed E-state index contributed by atoms with van der Waals surface area (Å²) in [5.74, 6) is 0. The first-order valence-corrected chi connectivity index (χ1v) is 9.04. The molecule has 1 aliphatic heterocycles. The van der Waals surface area contributed by atoms with Gasteiger partial charge in [0.25, 0.3) is 0 Å². The van der Waals surface area contributed by atoms with Crippen LogP contribution >= 0.6 is 0 Å². The third-order valence-corrected chi connectivity index (χ3v) is 6.21. The molecule has 4 rings (SSSR count). The van der Waals surface area contributed by atoms with Gasteiger partial charge in [0.15, 0.2) is 5.54 Å². The van der Waals surface area contributed by atoms with Crippen LogP contribution in [0.15, 0.2) is 54.7 Å². The van der Waals surface area contributed by atoms with Crippen molar-refractivity contribution in [3.8, 4) is 0 Å². The smallest absolute Gasteiger partial charge is 0.227 e. The summed E-state index contributed by atoms with van der Waals surface area (Å²) in [7, 11) is 0. The second kappa shape index (κ2) is 5.41. The molecule has 0 unspecified atom stereocenters. The standard InChI is InChI=1S/C23H24N2O/c1-15-10-11-18-19(12-15)22(2,3)23(4,5)25(26)21(18)17-13-16-8-6-7-9-20(16)24-14-17/h6-14H,1-5H3. The van der Waals surface area contributed by atoms with Gasteiger partial charge in [-0.15, -0.1) is 0 Å². The van der Waals surface area contributed by atoms with Crippen molar-refractivity contribution in [2.45, 2.75) is 45.6 Å². The zero-order valence-electron chi connectivity index (χ0n) is 16.0. The topological polar surface area (TPSA) is 39.0 Å². The van der Waals surface area contributed by atoms with Gasteiger partial charge in [0.1, 0.15) is 0 Å². The van der Waals surface area contributed by atoms with Crippen molar-refractivity contribution >= 4 is 16.6 Å². The molecule has 0 aliphatic carbocycles. The highest BCUT2D eigenvalue weighted by Gasteiger charge is 2.52. The van der Waals surface area contributed by atoms with Crippen LogP contribution in [0.2, 0.25) is 0 Å². The molecule has 0 bridgehead atoms. The molecule has 26 heavy (non-hydrogen) atoms. The number of hydrogen-bond acceptors (Lipinski definition) is 2. The minimum atomic E-state index is -0.575. The Hall–Kier alpha value is -2.68. The van der Waals surface area contributed by atoms with Crippen molar-refractivity contribution in [1.29, 1.82) is 0 Å². The van der Waals surface area contributed by atoms with E-state index in [0.29, 0.717) is 5.71 Å². The molecule has 2 heterocycles. The maximum atomic E-state index is 13.5. The van der Waals surface area contributed by atoms with E-state index >= 15 is 0 Å². The molecule has 3 heteroatoms. The Bertz CT molecular complexity index is 1060. The number of benzene rings is 2. The molecule has 1 aliphatic rings. The summed E-state index contributed by atoms with van der Waals surface area (Å²) in [5.41, 5.74) is 5.11. The van der Waals surface area contributed by atoms with Crippen molar-refractivity contribution < 1.29 is 4.74 Å². The first kappa shape index (κ1) is 16.8. The van der Waals surface area contributed by atoms with Crippen LogP contribution in [0.25, 0.3) is 10.9 Å². The second-order valence-electron chi connectivity index (χ2n) is 8.29. The van der Waals surface area contributed by atoms with Gasteiger partial charge in [-0.3, -0.25) is 4.98 Å². The molecule has 0 spiro atoms. The van der Waals surface area contributed by atoms with Gasteiger partial charge in [0.05, 0.1) is 22.1 Å². The zero-order valence-corrected chi connectivity index (χ0v) is 16.0. The molecule has 0 amide bonds. The Morgan fingerprint density at radius 3 is 2.46 bits per heavy atom. The minimum Gasteiger partial charge on any atom is -0.623 e. The Labute approximate surface area is 154 Å². The normalized spacial score (nSPS) is 18.0. The summed E-state index contributed by atoms with van der Waals surface area (Å²) >= 11 is 0. The van der Waals surface area contributed by atoms with Crippen molar-refractivity contribution in [2.24, 2.45) is 0 Å². The first-order valence-electron chi connectivity index (χ1n) is 9.04. The largest absolute Gasteiger partial charge is 0.623 e. The summed E-state index contributed by atoms with van der Waals surface area (Å²) in [5, 5.41) is 14.5. The fourth-order valence-electron chi connectivity index (χ4n) is 3.83. The van der Waals surface area contributed by atoms with Gasteiger partial charge in [-0.05, 0) is 44.5 Å². The Morgan fingerprint density at radius 2 is 1.69 bits per heavy atom. The molecule has 1 aromatic heterocycles. The Morgan fingerprint density at radius 1 is 0.962 bits per heavy atom. The van der Waals surface area contributed by atoms with E-state index < -0.39 is 5.54 Å². The number of para-hydroxylation sites is 1. The molecule has 2 aromatic carbocycles. The summed E-state index contributed by atoms with van der Waals surface area (Å²) in [6.07, 6.45) is 1.82. The zero-order chi connectivity index (χ0) is 18.7. The maximum absolute atomic E-state index is 13.5. The first-order chi connectivity index (χ1) is 12.2. The van der Waals surface area contributed by atoms with Crippen molar-refractivity contribution in [3.63, 3.8) is 0 Å². The molecule has 0 saturated heterocycles. The van der Waals surface area contributed by atoms with Crippen LogP contribution in [-0.2, 0) is 5.41 Å². The lowest BCUT2D eigenvalue weighted by molar-refractivity contribution is -0.555. The lowest BCUT2D eigenvalue weighted by Gasteiger charge is -2.44. The van der Waals surface area contributed by atoms with Crippen molar-refractivity contribution in [2.75, 3.05) is 0 Å². The number of hydrogen-bond donors (Lipinski definition) is 0. The quantitative estimate of drug-likeness (QED) is 0.462. The Balaban J connectivity index is 2.05. The lowest BCUT2D eigenvalue weighted by Crippen LogP contribution is -2.55. The molecule has 0 radical (unpaired) electrons. The molecule has 0 saturated carbocycles. The molecular formula is C23H24N2O. The minimum absolute atomic E-state index is 0.274. The predicted octanol–water partition coefficient (Wildman–Crippen LogP) is 4.96. The van der Waals surface area contributed by atoms with E-state index in [-0.39, 0.29) is 5.41 Å². The fraction of sp³-hybridized carbons (Fsp3) is 0.304. The van der Waals surface area contributed by atoms with Crippen LogP contribution in [0.4, 0.5) is 0 Å². The number of pyridine rings is 1. The summed E-state index contributed by atoms with van der Waals surface area (Å²) in [6.45, 7) is 10.5. The summed E-state index contributed by atoms with van der Waals surface area (Å²) < 4.78 is 1.19. The van der Waals surface area contributed by atoms with Gasteiger partial charge in [-0.2, -0.15) is 4.74 Å². The fourth-order valence-corrected chi connectivity index (χ4v) is 3.83. The van der Waals surface area contributed by atoms with Crippen LogP contribution in [0.1, 0.15) is 49.9 Å². The highest BCUT2D eigenvalue weighted by atomic mass is 16.5. The van der Waals surface area contributed by atoms with Crippen molar-refractivity contribution in [1.82, 2.24) is 4.98 Å². The van der Waals surface area contributed by atoms with Crippen LogP contribution in [0, 0.1) is 12.1 Å². The van der Waals surface area contributed by atoms with Crippen LogP contribution in [0.3, 0.4) is 0 Å². The van der Waals surface area contributed by atoms with E-state index in [4.69, 9.17) is 0 Å². The third-order valence-electron chi connectivity index (χ3n) is 6.21. The Kier molecular flexibility index (Phi) is 3.49. The lowest BCUT2D eigenvalue weighted by atomic mass is 9.65. The van der Waals surface area contributed by atoms with Gasteiger partial charge >= 0.3 is 0 Å². The van der Waals surface area contributed by atoms with Crippen LogP contribution in [0.5, 0.6) is 0 Å². The number of aryl methyl sites for hydroxylation is 1. The molecule has 0 fully saturated rings. The molecule has 3 nitrogen and oxygen atoms in total. The van der Waals surface area contributed by atoms with Gasteiger partial charge in [-0.1, -0.05) is 35.9 Å². The number of aromatic nitrogens is 1. The second-order valence-corrected chi connectivity index (χ2v) is 8.29. The SMILES string of the molecule is Cc1ccc2c(c1)C(C)(C)C(C)(C)[N+]([O-])=C2c1cnc2ccccc2c1. The predicted molar refractivity (Wildman–Crippen MR) is 107 cm³/mol. The number of rotatable bonds is 1. The van der Waals surface area contributed by atoms with Gasteiger partial charge in [0, 0.05) is 25.4 Å². The van der Waals surface area contributed by atoms with E-state index in [0.717, 1.165) is 22.0 Å². The van der Waals surface area contributed by atoms with Crippen LogP contribution in [-0.4, -0.2) is 21.0 Å². The molecule has 3 aromatic rings. The summed E-state index contributed by atoms with van der Waals surface area (Å²) in [6, 6.07) is 16.5. The average molecular weight is 344 g/mol. The molecule has 132 valence electrons. The number of fused-ring (bicyclic) bond motifs is 2. The molecule has 0 atom stereocenters. The third kappa shape index (κ3) is 2.20. The summed E-state index contributed by atoms with van der Waals surface area (Å²) in [4.78, 5) is 4.58. The van der Waals surface area contributed by atoms with Crippen LogP contribution < -0.4 is 0 Å². The monoisotopic (exact) mass is 344 g/mol. The van der Waals surface area contributed by atoms with E-state index in [1.165, 1.54) is 15.9 Å². The number of hydroxylamine groups is 1. The van der Waals surface area contributed by atoms with E-state index in [1.54, 1.807) is 0 Å². The van der Waals surface area contributed by atoms with Crippen molar-refractivity contribution in [3.05, 3.63) is 82.2 Å². The van der Waals surface area contributed by atoms with E-state index in [9.17, 15) is 5.21 Å². The average Bonchev–Trinajstić information content (AvgIpc) is 2.61. The van der Waals surface area contributed by atoms with Gasteiger partial charge in [-0.25, -0.2) is 0 Å². The van der Waals surface area contributed by atoms with Gasteiger partial charge in [0.2, 0.25) is 5.71 Å². The van der Waals surface area contributed by atoms with E-state index in [2.05, 4.69) is 50.0 Å². The highest BCUT2D eigenvalue weighted by molar-refractivity contribution is 6.12. The molecule has 0 N–H and O–H groups in total. The molecular weight excluding hydrogens is 320 g/mol. The number of nitrogens with zero attached hydrogens (tertiary/aromatic N) is 2. The van der Waals surface area contributed by atoms with Gasteiger partial charge < -0.3 is 5.21 Å². The maximum Gasteiger partial charge on any atom is 0.227 e. The highest BCUT2D eigenvalue weighted by Crippen LogP contribution is 2.43. The van der Waals surface area contributed by atoms with E-state index in [1.807, 2.05) is 44.3 Å².